The van der Waals surface area contributed by atoms with Crippen LogP contribution in [-0.4, -0.2) is 9.83 Å². The first kappa shape index (κ1) is 11.2. The quantitative estimate of drug-likeness (QED) is 0.482. The molecule has 0 bridgehead atoms. The van der Waals surface area contributed by atoms with Crippen LogP contribution in [0.1, 0.15) is 26.2 Å². The molecule has 1 fully saturated rings. The van der Waals surface area contributed by atoms with Gasteiger partial charge in [-0.15, -0.1) is 0 Å². The Morgan fingerprint density at radius 1 is 1.69 bits per heavy atom. The number of carbonyl (C=O) groups is 1. The van der Waals surface area contributed by atoms with Crippen molar-refractivity contribution in [3.63, 3.8) is 0 Å². The van der Waals surface area contributed by atoms with Gasteiger partial charge in [0.2, 0.25) is 3.79 Å². The molecule has 3 atom stereocenters. The van der Waals surface area contributed by atoms with Gasteiger partial charge in [0, 0.05) is 22.6 Å². The van der Waals surface area contributed by atoms with E-state index in [1.54, 1.807) is 22.6 Å². The van der Waals surface area contributed by atoms with Crippen LogP contribution in [-0.2, 0) is 4.79 Å². The second-order valence-corrected chi connectivity index (χ2v) is 4.99. The molecule has 0 aromatic carbocycles. The molecule has 0 amide bonds. The fourth-order valence-corrected chi connectivity index (χ4v) is 2.31. The monoisotopic (exact) mass is 293 g/mol. The Bertz CT molecular complexity index is 227. The van der Waals surface area contributed by atoms with Gasteiger partial charge in [-0.1, -0.05) is 19.1 Å². The van der Waals surface area contributed by atoms with Gasteiger partial charge in [-0.3, -0.25) is 4.79 Å². The molecule has 0 aromatic rings. The molecular formula is C10H16INO. The van der Waals surface area contributed by atoms with Crippen molar-refractivity contribution in [1.29, 1.82) is 0 Å². The van der Waals surface area contributed by atoms with Gasteiger partial charge < -0.3 is 5.73 Å². The third kappa shape index (κ3) is 2.77. The molecule has 0 aromatic heterocycles. The van der Waals surface area contributed by atoms with Crippen LogP contribution in [0.3, 0.4) is 0 Å². The van der Waals surface area contributed by atoms with Gasteiger partial charge in [-0.05, 0) is 31.1 Å². The second kappa shape index (κ2) is 4.55. The summed E-state index contributed by atoms with van der Waals surface area (Å²) in [5.41, 5.74) is 7.05. The largest absolute Gasteiger partial charge is 0.321 e. The SMILES string of the molecule is C=C1C[C@H]([C@H](N)C(=O)I)CCC1C. The lowest BCUT2D eigenvalue weighted by Gasteiger charge is -2.30. The Hall–Kier alpha value is 0.100. The van der Waals surface area contributed by atoms with Crippen LogP contribution in [0.15, 0.2) is 12.2 Å². The van der Waals surface area contributed by atoms with Gasteiger partial charge in [0.25, 0.3) is 0 Å². The third-order valence-corrected chi connectivity index (χ3v) is 3.68. The molecule has 2 nitrogen and oxygen atoms in total. The summed E-state index contributed by atoms with van der Waals surface area (Å²) in [5, 5.41) is 0. The highest BCUT2D eigenvalue weighted by Crippen LogP contribution is 2.33. The predicted octanol–water partition coefficient (Wildman–Crippen LogP) is 2.27. The Morgan fingerprint density at radius 2 is 2.31 bits per heavy atom. The highest BCUT2D eigenvalue weighted by Gasteiger charge is 2.28. The van der Waals surface area contributed by atoms with E-state index in [-0.39, 0.29) is 9.83 Å². The first-order valence-electron chi connectivity index (χ1n) is 4.65. The molecular weight excluding hydrogens is 277 g/mol. The van der Waals surface area contributed by atoms with Gasteiger partial charge in [0.05, 0.1) is 6.04 Å². The Morgan fingerprint density at radius 3 is 2.77 bits per heavy atom. The lowest BCUT2D eigenvalue weighted by molar-refractivity contribution is -0.111. The number of rotatable bonds is 2. The van der Waals surface area contributed by atoms with Crippen molar-refractivity contribution in [3.05, 3.63) is 12.2 Å². The number of nitrogens with two attached hydrogens (primary N) is 1. The van der Waals surface area contributed by atoms with Crippen LogP contribution in [0.4, 0.5) is 0 Å². The maximum absolute atomic E-state index is 11.1. The average Bonchev–Trinajstić information content (AvgIpc) is 2.08. The molecule has 0 spiro atoms. The predicted molar refractivity (Wildman–Crippen MR) is 62.6 cm³/mol. The molecule has 1 aliphatic carbocycles. The van der Waals surface area contributed by atoms with Crippen LogP contribution in [0.2, 0.25) is 0 Å². The summed E-state index contributed by atoms with van der Waals surface area (Å²) >= 11 is 1.79. The van der Waals surface area contributed by atoms with Crippen molar-refractivity contribution in [2.75, 3.05) is 0 Å². The number of hydrogen-bond donors (Lipinski definition) is 1. The van der Waals surface area contributed by atoms with Crippen molar-refractivity contribution in [2.45, 2.75) is 32.2 Å². The highest BCUT2D eigenvalue weighted by atomic mass is 127. The number of hydrogen-bond acceptors (Lipinski definition) is 2. The fraction of sp³-hybridized carbons (Fsp3) is 0.700. The minimum atomic E-state index is -0.287. The van der Waals surface area contributed by atoms with Crippen LogP contribution in [0, 0.1) is 11.8 Å². The zero-order valence-electron chi connectivity index (χ0n) is 7.92. The van der Waals surface area contributed by atoms with Gasteiger partial charge >= 0.3 is 0 Å². The lowest BCUT2D eigenvalue weighted by atomic mass is 9.77. The van der Waals surface area contributed by atoms with E-state index in [1.807, 2.05) is 0 Å². The Labute approximate surface area is 93.1 Å². The van der Waals surface area contributed by atoms with Gasteiger partial charge in [0.15, 0.2) is 0 Å². The summed E-state index contributed by atoms with van der Waals surface area (Å²) in [5.74, 6) is 0.931. The molecule has 1 rings (SSSR count). The fourth-order valence-electron chi connectivity index (χ4n) is 1.80. The van der Waals surface area contributed by atoms with Crippen molar-refractivity contribution in [2.24, 2.45) is 17.6 Å². The number of allylic oxidation sites excluding steroid dienone is 1. The van der Waals surface area contributed by atoms with E-state index in [4.69, 9.17) is 5.73 Å². The number of carbonyl (C=O) groups excluding carboxylic acids is 1. The molecule has 1 unspecified atom stereocenters. The molecule has 13 heavy (non-hydrogen) atoms. The zero-order valence-corrected chi connectivity index (χ0v) is 10.1. The molecule has 0 radical (unpaired) electrons. The maximum Gasteiger partial charge on any atom is 0.209 e. The molecule has 2 N–H and O–H groups in total. The first-order valence-corrected chi connectivity index (χ1v) is 5.73. The summed E-state index contributed by atoms with van der Waals surface area (Å²) in [6, 6.07) is -0.287. The van der Waals surface area contributed by atoms with E-state index in [0.717, 1.165) is 19.3 Å². The van der Waals surface area contributed by atoms with Crippen molar-refractivity contribution < 1.29 is 4.79 Å². The highest BCUT2D eigenvalue weighted by molar-refractivity contribution is 14.1. The van der Waals surface area contributed by atoms with Crippen molar-refractivity contribution in [3.8, 4) is 0 Å². The molecule has 1 saturated carbocycles. The summed E-state index contributed by atoms with van der Waals surface area (Å²) in [4.78, 5) is 11.1. The van der Waals surface area contributed by atoms with Crippen LogP contribution in [0.5, 0.6) is 0 Å². The third-order valence-electron chi connectivity index (χ3n) is 2.96. The van der Waals surface area contributed by atoms with Gasteiger partial charge in [-0.2, -0.15) is 0 Å². The van der Waals surface area contributed by atoms with Crippen LogP contribution in [0.25, 0.3) is 0 Å². The average molecular weight is 293 g/mol. The molecule has 74 valence electrons. The van der Waals surface area contributed by atoms with Crippen molar-refractivity contribution >= 4 is 26.4 Å². The molecule has 3 heteroatoms. The minimum absolute atomic E-state index is 0.0740. The van der Waals surface area contributed by atoms with Gasteiger partial charge in [-0.25, -0.2) is 0 Å². The normalized spacial score (nSPS) is 31.5. The van der Waals surface area contributed by atoms with E-state index in [2.05, 4.69) is 13.5 Å². The number of halogens is 1. The summed E-state index contributed by atoms with van der Waals surface area (Å²) < 4.78 is 0.0740. The van der Waals surface area contributed by atoms with Crippen LogP contribution >= 0.6 is 22.6 Å². The zero-order chi connectivity index (χ0) is 10.0. The first-order chi connectivity index (χ1) is 6.02. The summed E-state index contributed by atoms with van der Waals surface area (Å²) in [7, 11) is 0. The van der Waals surface area contributed by atoms with E-state index < -0.39 is 0 Å². The van der Waals surface area contributed by atoms with E-state index in [1.165, 1.54) is 5.57 Å². The standard InChI is InChI=1S/C10H16INO/c1-6-3-4-8(5-7(6)2)9(12)10(11)13/h6,8-9H,2-5,12H2,1H3/t6?,8-,9+/m1/s1. The molecule has 0 heterocycles. The smallest absolute Gasteiger partial charge is 0.209 e. The Balaban J connectivity index is 2.55. The topological polar surface area (TPSA) is 43.1 Å². The van der Waals surface area contributed by atoms with E-state index in [0.29, 0.717) is 11.8 Å². The minimum Gasteiger partial charge on any atom is -0.321 e. The van der Waals surface area contributed by atoms with E-state index in [9.17, 15) is 4.79 Å². The summed E-state index contributed by atoms with van der Waals surface area (Å²) in [6.07, 6.45) is 3.12. The lowest BCUT2D eigenvalue weighted by Crippen LogP contribution is -2.37. The van der Waals surface area contributed by atoms with Gasteiger partial charge in [0.1, 0.15) is 0 Å². The molecule has 0 saturated heterocycles. The van der Waals surface area contributed by atoms with E-state index >= 15 is 0 Å². The molecule has 0 aliphatic heterocycles. The summed E-state index contributed by atoms with van der Waals surface area (Å²) in [6.45, 7) is 6.21. The molecule has 1 aliphatic rings. The second-order valence-electron chi connectivity index (χ2n) is 3.93. The Kier molecular flexibility index (Phi) is 3.91. The van der Waals surface area contributed by atoms with Crippen LogP contribution < -0.4 is 5.73 Å². The van der Waals surface area contributed by atoms with Crippen molar-refractivity contribution in [1.82, 2.24) is 0 Å². The maximum atomic E-state index is 11.1.